The molecule has 0 spiro atoms. The lowest BCUT2D eigenvalue weighted by molar-refractivity contribution is -0.0434. The van der Waals surface area contributed by atoms with Gasteiger partial charge < -0.3 is 34.4 Å². The van der Waals surface area contributed by atoms with Crippen molar-refractivity contribution in [2.45, 2.75) is 37.8 Å². The van der Waals surface area contributed by atoms with Gasteiger partial charge in [-0.05, 0) is 30.2 Å². The Hall–Kier alpha value is -1.63. The molecule has 17 heteroatoms. The number of anilines is 1. The first-order chi connectivity index (χ1) is 16.8. The Morgan fingerprint density at radius 3 is 2.67 bits per heavy atom. The average Bonchev–Trinajstić information content (AvgIpc) is 3.34. The summed E-state index contributed by atoms with van der Waals surface area (Å²) in [6.45, 7) is 1.34. The third-order valence-corrected chi connectivity index (χ3v) is 9.40. The largest absolute Gasteiger partial charge is 0.390 e. The van der Waals surface area contributed by atoms with Crippen LogP contribution in [0, 0.1) is 0 Å². The van der Waals surface area contributed by atoms with Crippen LogP contribution in [-0.4, -0.2) is 64.3 Å². The number of ether oxygens (including phenoxy) is 1. The summed E-state index contributed by atoms with van der Waals surface area (Å²) >= 11 is 12.5. The summed E-state index contributed by atoms with van der Waals surface area (Å²) in [7, 11) is -9.38. The van der Waals surface area contributed by atoms with E-state index in [1.54, 1.807) is 6.07 Å². The lowest BCUT2D eigenvalue weighted by Crippen LogP contribution is -2.26. The molecule has 4 rings (SSSR count). The van der Waals surface area contributed by atoms with E-state index >= 15 is 0 Å². The SMILES string of the molecule is C[C@H](Nc1nc(Cl)nc2c1cnn2[C@H]1C[C@H](O)[C@@H](COP(=O)(O)CP(=O)(O)O)O1)c1ccccc1Cl. The van der Waals surface area contributed by atoms with Gasteiger partial charge in [0.15, 0.2) is 17.8 Å². The molecule has 0 aliphatic carbocycles. The van der Waals surface area contributed by atoms with E-state index in [1.165, 1.54) is 10.9 Å². The van der Waals surface area contributed by atoms with E-state index in [2.05, 4.69) is 20.4 Å². The lowest BCUT2D eigenvalue weighted by Gasteiger charge is -2.18. The molecule has 5 atom stereocenters. The summed E-state index contributed by atoms with van der Waals surface area (Å²) in [5.74, 6) is -0.936. The fraction of sp³-hybridized carbons (Fsp3) is 0.421. The Morgan fingerprint density at radius 2 is 1.97 bits per heavy atom. The first kappa shape index (κ1) is 27.4. The van der Waals surface area contributed by atoms with E-state index in [-0.39, 0.29) is 17.7 Å². The second-order valence-electron chi connectivity index (χ2n) is 8.23. The zero-order valence-electron chi connectivity index (χ0n) is 18.7. The number of nitrogens with one attached hydrogen (secondary N) is 1. The van der Waals surface area contributed by atoms with E-state index < -0.39 is 46.1 Å². The minimum atomic E-state index is -4.78. The zero-order chi connectivity index (χ0) is 26.3. The molecule has 5 N–H and O–H groups in total. The topological polar surface area (TPSA) is 189 Å². The molecule has 0 saturated carbocycles. The van der Waals surface area contributed by atoms with Gasteiger partial charge in [0.05, 0.1) is 30.3 Å². The number of benzene rings is 1. The molecule has 196 valence electrons. The molecule has 3 heterocycles. The quantitative estimate of drug-likeness (QED) is 0.183. The van der Waals surface area contributed by atoms with Crippen LogP contribution in [0.15, 0.2) is 30.5 Å². The summed E-state index contributed by atoms with van der Waals surface area (Å²) in [6, 6.07) is 7.12. The Morgan fingerprint density at radius 1 is 1.25 bits per heavy atom. The van der Waals surface area contributed by atoms with Crippen LogP contribution in [-0.2, 0) is 18.4 Å². The fourth-order valence-electron chi connectivity index (χ4n) is 3.81. The van der Waals surface area contributed by atoms with Crippen LogP contribution < -0.4 is 5.32 Å². The van der Waals surface area contributed by atoms with Crippen molar-refractivity contribution in [3.8, 4) is 0 Å². The normalized spacial score (nSPS) is 23.0. The van der Waals surface area contributed by atoms with Crippen molar-refractivity contribution in [3.05, 3.63) is 46.3 Å². The maximum Gasteiger partial charge on any atom is 0.340 e. The van der Waals surface area contributed by atoms with Crippen molar-refractivity contribution in [2.75, 3.05) is 17.8 Å². The molecule has 1 aliphatic rings. The average molecular weight is 582 g/mol. The third-order valence-electron chi connectivity index (χ3n) is 5.43. The maximum absolute atomic E-state index is 11.9. The molecule has 0 amide bonds. The molecule has 1 aliphatic heterocycles. The predicted molar refractivity (Wildman–Crippen MR) is 131 cm³/mol. The highest BCUT2D eigenvalue weighted by molar-refractivity contribution is 7.70. The smallest absolute Gasteiger partial charge is 0.340 e. The van der Waals surface area contributed by atoms with Crippen LogP contribution in [0.4, 0.5) is 5.82 Å². The van der Waals surface area contributed by atoms with Crippen molar-refractivity contribution in [2.24, 2.45) is 0 Å². The van der Waals surface area contributed by atoms with E-state index in [4.69, 9.17) is 42.2 Å². The summed E-state index contributed by atoms with van der Waals surface area (Å²) in [6.07, 6.45) is -1.44. The summed E-state index contributed by atoms with van der Waals surface area (Å²) < 4.78 is 34.9. The first-order valence-electron chi connectivity index (χ1n) is 10.6. The third kappa shape index (κ3) is 6.43. The van der Waals surface area contributed by atoms with Gasteiger partial charge in [0.1, 0.15) is 11.9 Å². The predicted octanol–water partition coefficient (Wildman–Crippen LogP) is 3.29. The maximum atomic E-state index is 11.9. The van der Waals surface area contributed by atoms with E-state index in [1.807, 2.05) is 25.1 Å². The molecule has 2 aromatic heterocycles. The number of rotatable bonds is 9. The molecular formula is C19H23Cl2N5O8P2. The van der Waals surface area contributed by atoms with E-state index in [0.717, 1.165) is 5.56 Å². The number of fused-ring (bicyclic) bond motifs is 1. The highest BCUT2D eigenvalue weighted by Gasteiger charge is 2.39. The van der Waals surface area contributed by atoms with Crippen molar-refractivity contribution in [3.63, 3.8) is 0 Å². The van der Waals surface area contributed by atoms with Gasteiger partial charge in [-0.15, -0.1) is 0 Å². The second-order valence-corrected chi connectivity index (χ2v) is 13.0. The van der Waals surface area contributed by atoms with Crippen molar-refractivity contribution in [1.82, 2.24) is 19.7 Å². The van der Waals surface area contributed by atoms with Gasteiger partial charge >= 0.3 is 15.2 Å². The molecule has 1 aromatic carbocycles. The molecule has 1 unspecified atom stereocenters. The van der Waals surface area contributed by atoms with Crippen LogP contribution in [0.5, 0.6) is 0 Å². The van der Waals surface area contributed by atoms with Crippen LogP contribution >= 0.6 is 38.4 Å². The number of aliphatic hydroxyl groups excluding tert-OH is 1. The van der Waals surface area contributed by atoms with Gasteiger partial charge in [-0.1, -0.05) is 29.8 Å². The van der Waals surface area contributed by atoms with Gasteiger partial charge in [-0.3, -0.25) is 9.13 Å². The Labute approximate surface area is 215 Å². The first-order valence-corrected chi connectivity index (χ1v) is 14.9. The highest BCUT2D eigenvalue weighted by atomic mass is 35.5. The molecule has 36 heavy (non-hydrogen) atoms. The summed E-state index contributed by atoms with van der Waals surface area (Å²) in [4.78, 5) is 36.0. The van der Waals surface area contributed by atoms with Crippen LogP contribution in [0.25, 0.3) is 11.0 Å². The number of nitrogens with zero attached hydrogens (tertiary/aromatic N) is 4. The standard InChI is InChI=1S/C19H23Cl2N5O8P2/c1-10(11-4-2-3-5-13(11)20)23-17-12-7-22-26(18(12)25-19(21)24-17)16-6-14(27)15(34-16)8-33-36(31,32)9-35(28,29)30/h2-5,7,10,14-16,27H,6,8-9H2,1H3,(H,31,32)(H,23,24,25)(H2,28,29,30)/t10-,14-,15+,16+/m0/s1. The minimum absolute atomic E-state index is 0.0411. The van der Waals surface area contributed by atoms with Gasteiger partial charge in [0.2, 0.25) is 5.28 Å². The Kier molecular flexibility index (Phi) is 8.09. The molecule has 1 fully saturated rings. The van der Waals surface area contributed by atoms with Crippen molar-refractivity contribution < 1.29 is 38.2 Å². The molecule has 3 aromatic rings. The second kappa shape index (κ2) is 10.6. The van der Waals surface area contributed by atoms with Gasteiger partial charge in [-0.25, -0.2) is 4.68 Å². The summed E-state index contributed by atoms with van der Waals surface area (Å²) in [5.41, 5.74) is 1.16. The number of hydrogen-bond acceptors (Lipinski definition) is 9. The molecule has 1 saturated heterocycles. The molecular weight excluding hydrogens is 559 g/mol. The zero-order valence-corrected chi connectivity index (χ0v) is 22.0. The fourth-order valence-corrected chi connectivity index (χ4v) is 6.84. The number of aromatic nitrogens is 4. The minimum Gasteiger partial charge on any atom is -0.390 e. The Bertz CT molecular complexity index is 1350. The van der Waals surface area contributed by atoms with E-state index in [9.17, 15) is 19.1 Å². The lowest BCUT2D eigenvalue weighted by atomic mass is 10.1. The number of hydrogen-bond donors (Lipinski definition) is 5. The van der Waals surface area contributed by atoms with Gasteiger partial charge in [0.25, 0.3) is 0 Å². The van der Waals surface area contributed by atoms with Crippen LogP contribution in [0.1, 0.15) is 31.2 Å². The number of halogens is 2. The highest BCUT2D eigenvalue weighted by Crippen LogP contribution is 2.55. The van der Waals surface area contributed by atoms with E-state index in [0.29, 0.717) is 21.9 Å². The van der Waals surface area contributed by atoms with Gasteiger partial charge in [-0.2, -0.15) is 15.1 Å². The summed E-state index contributed by atoms with van der Waals surface area (Å²) in [5, 5.41) is 19.0. The van der Waals surface area contributed by atoms with Crippen molar-refractivity contribution >= 4 is 55.2 Å². The molecule has 0 radical (unpaired) electrons. The van der Waals surface area contributed by atoms with Gasteiger partial charge in [0, 0.05) is 11.4 Å². The monoisotopic (exact) mass is 581 g/mol. The Balaban J connectivity index is 1.52. The number of aliphatic hydroxyl groups is 1. The molecule has 0 bridgehead atoms. The van der Waals surface area contributed by atoms with Crippen LogP contribution in [0.3, 0.4) is 0 Å². The molecule has 13 nitrogen and oxygen atoms in total. The van der Waals surface area contributed by atoms with Crippen molar-refractivity contribution in [1.29, 1.82) is 0 Å². The van der Waals surface area contributed by atoms with Crippen LogP contribution in [0.2, 0.25) is 10.3 Å².